The second-order valence-electron chi connectivity index (χ2n) is 5.16. The van der Waals surface area contributed by atoms with Crippen LogP contribution in [0.25, 0.3) is 11.4 Å². The smallest absolute Gasteiger partial charge is 0.335 e. The first-order valence-corrected chi connectivity index (χ1v) is 8.12. The maximum Gasteiger partial charge on any atom is 0.335 e. The van der Waals surface area contributed by atoms with Gasteiger partial charge in [0.15, 0.2) is 0 Å². The highest BCUT2D eigenvalue weighted by Gasteiger charge is 2.18. The Hall–Kier alpha value is -1.82. The third kappa shape index (κ3) is 3.44. The van der Waals surface area contributed by atoms with Crippen molar-refractivity contribution in [1.29, 1.82) is 0 Å². The first-order chi connectivity index (χ1) is 10.2. The molecule has 0 unspecified atom stereocenters. The summed E-state index contributed by atoms with van der Waals surface area (Å²) in [5, 5.41) is 13.0. The molecule has 0 radical (unpaired) electrons. The van der Waals surface area contributed by atoms with Crippen LogP contribution in [0, 0.1) is 5.92 Å². The van der Waals surface area contributed by atoms with Gasteiger partial charge in [-0.25, -0.2) is 4.79 Å². The van der Waals surface area contributed by atoms with Gasteiger partial charge in [-0.1, -0.05) is 17.3 Å². The first kappa shape index (κ1) is 14.1. The predicted octanol–water partition coefficient (Wildman–Crippen LogP) is 3.12. The second kappa shape index (κ2) is 6.30. The molecule has 2 heterocycles. The molecule has 110 valence electrons. The van der Waals surface area contributed by atoms with Gasteiger partial charge in [-0.2, -0.15) is 16.7 Å². The van der Waals surface area contributed by atoms with Crippen molar-refractivity contribution in [3.05, 3.63) is 35.7 Å². The molecule has 0 amide bonds. The Balaban J connectivity index is 1.75. The van der Waals surface area contributed by atoms with Gasteiger partial charge in [0.25, 0.3) is 0 Å². The normalized spacial score (nSPS) is 16.0. The molecule has 1 fully saturated rings. The van der Waals surface area contributed by atoms with Gasteiger partial charge in [-0.15, -0.1) is 0 Å². The summed E-state index contributed by atoms with van der Waals surface area (Å²) in [5.41, 5.74) is 0.896. The van der Waals surface area contributed by atoms with E-state index in [0.717, 1.165) is 6.42 Å². The lowest BCUT2D eigenvalue weighted by Crippen LogP contribution is -2.12. The van der Waals surface area contributed by atoms with Crippen molar-refractivity contribution in [1.82, 2.24) is 10.1 Å². The van der Waals surface area contributed by atoms with E-state index in [4.69, 9.17) is 9.63 Å². The van der Waals surface area contributed by atoms with Gasteiger partial charge >= 0.3 is 5.97 Å². The average molecular weight is 304 g/mol. The maximum atomic E-state index is 11.0. The fourth-order valence-corrected chi connectivity index (χ4v) is 3.65. The largest absolute Gasteiger partial charge is 0.478 e. The molecule has 0 atom stereocenters. The number of aromatic carboxylic acids is 1. The van der Waals surface area contributed by atoms with Crippen molar-refractivity contribution < 1.29 is 14.4 Å². The fraction of sp³-hybridized carbons (Fsp3) is 0.400. The van der Waals surface area contributed by atoms with Crippen LogP contribution in [0.4, 0.5) is 0 Å². The summed E-state index contributed by atoms with van der Waals surface area (Å²) in [5.74, 6) is 3.16. The van der Waals surface area contributed by atoms with Crippen molar-refractivity contribution >= 4 is 17.7 Å². The molecule has 2 aromatic rings. The highest BCUT2D eigenvalue weighted by molar-refractivity contribution is 7.99. The van der Waals surface area contributed by atoms with Crippen molar-refractivity contribution in [2.24, 2.45) is 5.92 Å². The SMILES string of the molecule is O=C(O)c1cccc(-c2noc(CC3CCSCC3)n2)c1. The highest BCUT2D eigenvalue weighted by Crippen LogP contribution is 2.26. The van der Waals surface area contributed by atoms with Crippen LogP contribution in [0.5, 0.6) is 0 Å². The summed E-state index contributed by atoms with van der Waals surface area (Å²) in [6, 6.07) is 6.59. The zero-order valence-electron chi connectivity index (χ0n) is 11.5. The molecule has 1 aliphatic heterocycles. The topological polar surface area (TPSA) is 76.2 Å². The Morgan fingerprint density at radius 1 is 1.38 bits per heavy atom. The summed E-state index contributed by atoms with van der Waals surface area (Å²) in [4.78, 5) is 15.4. The van der Waals surface area contributed by atoms with Crippen LogP contribution in [0.3, 0.4) is 0 Å². The van der Waals surface area contributed by atoms with Crippen LogP contribution in [0.2, 0.25) is 0 Å². The Morgan fingerprint density at radius 3 is 2.95 bits per heavy atom. The molecule has 1 aromatic heterocycles. The Bertz CT molecular complexity index is 635. The van der Waals surface area contributed by atoms with Gasteiger partial charge in [-0.05, 0) is 42.4 Å². The van der Waals surface area contributed by atoms with Crippen molar-refractivity contribution in [3.8, 4) is 11.4 Å². The molecule has 3 rings (SSSR count). The summed E-state index contributed by atoms with van der Waals surface area (Å²) < 4.78 is 5.31. The van der Waals surface area contributed by atoms with Gasteiger partial charge in [0.05, 0.1) is 5.56 Å². The Kier molecular flexibility index (Phi) is 4.24. The lowest BCUT2D eigenvalue weighted by Gasteiger charge is -2.19. The van der Waals surface area contributed by atoms with Gasteiger partial charge in [0.2, 0.25) is 11.7 Å². The van der Waals surface area contributed by atoms with E-state index in [0.29, 0.717) is 23.2 Å². The van der Waals surface area contributed by atoms with Crippen LogP contribution in [-0.4, -0.2) is 32.7 Å². The van der Waals surface area contributed by atoms with Crippen LogP contribution >= 0.6 is 11.8 Å². The zero-order valence-corrected chi connectivity index (χ0v) is 12.3. The molecule has 1 aromatic carbocycles. The van der Waals surface area contributed by atoms with Gasteiger partial charge in [0, 0.05) is 12.0 Å². The number of carboxylic acids is 1. The van der Waals surface area contributed by atoms with E-state index in [-0.39, 0.29) is 5.56 Å². The zero-order chi connectivity index (χ0) is 14.7. The molecule has 1 aliphatic rings. The summed E-state index contributed by atoms with van der Waals surface area (Å²) in [7, 11) is 0. The number of aromatic nitrogens is 2. The number of thioether (sulfide) groups is 1. The van der Waals surface area contributed by atoms with E-state index in [1.807, 2.05) is 11.8 Å². The van der Waals surface area contributed by atoms with E-state index < -0.39 is 5.97 Å². The number of carboxylic acid groups (broad SMARTS) is 1. The molecule has 1 N–H and O–H groups in total. The summed E-state index contributed by atoms with van der Waals surface area (Å²) >= 11 is 1.99. The fourth-order valence-electron chi connectivity index (χ4n) is 2.44. The van der Waals surface area contributed by atoms with E-state index in [1.165, 1.54) is 24.3 Å². The maximum absolute atomic E-state index is 11.0. The van der Waals surface area contributed by atoms with Crippen LogP contribution < -0.4 is 0 Å². The van der Waals surface area contributed by atoms with E-state index in [2.05, 4.69) is 10.1 Å². The average Bonchev–Trinajstić information content (AvgIpc) is 2.97. The molecular formula is C15H16N2O3S. The van der Waals surface area contributed by atoms with E-state index in [1.54, 1.807) is 24.3 Å². The lowest BCUT2D eigenvalue weighted by atomic mass is 9.99. The highest BCUT2D eigenvalue weighted by atomic mass is 32.2. The van der Waals surface area contributed by atoms with E-state index in [9.17, 15) is 4.79 Å². The molecule has 0 spiro atoms. The molecule has 5 nitrogen and oxygen atoms in total. The van der Waals surface area contributed by atoms with Crippen molar-refractivity contribution in [2.45, 2.75) is 19.3 Å². The molecule has 21 heavy (non-hydrogen) atoms. The predicted molar refractivity (Wildman–Crippen MR) is 80.4 cm³/mol. The van der Waals surface area contributed by atoms with E-state index >= 15 is 0 Å². The molecule has 1 saturated heterocycles. The van der Waals surface area contributed by atoms with Crippen molar-refractivity contribution in [2.75, 3.05) is 11.5 Å². The van der Waals surface area contributed by atoms with Crippen LogP contribution in [0.1, 0.15) is 29.1 Å². The Labute approximate surface area is 126 Å². The minimum atomic E-state index is -0.958. The minimum Gasteiger partial charge on any atom is -0.478 e. The quantitative estimate of drug-likeness (QED) is 0.935. The van der Waals surface area contributed by atoms with Gasteiger partial charge in [-0.3, -0.25) is 0 Å². The monoisotopic (exact) mass is 304 g/mol. The molecule has 0 saturated carbocycles. The summed E-state index contributed by atoms with van der Waals surface area (Å²) in [6.07, 6.45) is 3.19. The first-order valence-electron chi connectivity index (χ1n) is 6.96. The number of benzene rings is 1. The van der Waals surface area contributed by atoms with Crippen LogP contribution in [-0.2, 0) is 6.42 Å². The number of carbonyl (C=O) groups is 1. The molecular weight excluding hydrogens is 288 g/mol. The third-order valence-corrected chi connectivity index (χ3v) is 4.69. The number of hydrogen-bond acceptors (Lipinski definition) is 5. The molecule has 0 aliphatic carbocycles. The van der Waals surface area contributed by atoms with Gasteiger partial charge < -0.3 is 9.63 Å². The lowest BCUT2D eigenvalue weighted by molar-refractivity contribution is 0.0697. The Morgan fingerprint density at radius 2 is 2.19 bits per heavy atom. The minimum absolute atomic E-state index is 0.225. The standard InChI is InChI=1S/C15H16N2O3S/c18-15(19)12-3-1-2-11(9-12)14-16-13(20-17-14)8-10-4-6-21-7-5-10/h1-3,9-10H,4-8H2,(H,18,19). The molecule has 6 heteroatoms. The number of rotatable bonds is 4. The van der Waals surface area contributed by atoms with Crippen molar-refractivity contribution in [3.63, 3.8) is 0 Å². The molecule has 0 bridgehead atoms. The van der Waals surface area contributed by atoms with Crippen LogP contribution in [0.15, 0.2) is 28.8 Å². The number of hydrogen-bond donors (Lipinski definition) is 1. The third-order valence-electron chi connectivity index (χ3n) is 3.64. The number of nitrogens with zero attached hydrogens (tertiary/aromatic N) is 2. The summed E-state index contributed by atoms with van der Waals surface area (Å²) in [6.45, 7) is 0. The second-order valence-corrected chi connectivity index (χ2v) is 6.38. The van der Waals surface area contributed by atoms with Gasteiger partial charge in [0.1, 0.15) is 0 Å².